The summed E-state index contributed by atoms with van der Waals surface area (Å²) in [4.78, 5) is 18.2. The fraction of sp³-hybridized carbons (Fsp3) is 0.467. The molecule has 1 aromatic heterocycles. The number of amides is 1. The summed E-state index contributed by atoms with van der Waals surface area (Å²) in [7, 11) is 0. The Labute approximate surface area is 129 Å². The molecule has 0 radical (unpaired) electrons. The lowest BCUT2D eigenvalue weighted by Crippen LogP contribution is -2.31. The van der Waals surface area contributed by atoms with E-state index >= 15 is 0 Å². The maximum Gasteiger partial charge on any atom is 0.224 e. The molecule has 1 heterocycles. The van der Waals surface area contributed by atoms with E-state index in [1.807, 2.05) is 37.8 Å². The summed E-state index contributed by atoms with van der Waals surface area (Å²) < 4.78 is 1.09. The molecular formula is C15H22N4OS. The summed E-state index contributed by atoms with van der Waals surface area (Å²) >= 11 is 1.63. The summed E-state index contributed by atoms with van der Waals surface area (Å²) in [5.74, 6) is 0.164. The highest BCUT2D eigenvalue weighted by molar-refractivity contribution is 7.18. The first-order valence-corrected chi connectivity index (χ1v) is 8.05. The third-order valence-electron chi connectivity index (χ3n) is 3.44. The van der Waals surface area contributed by atoms with Gasteiger partial charge >= 0.3 is 0 Å². The Morgan fingerprint density at radius 1 is 1.38 bits per heavy atom. The smallest absolute Gasteiger partial charge is 0.224 e. The molecule has 1 aromatic carbocycles. The minimum absolute atomic E-state index is 0.164. The Hall–Kier alpha value is -1.82. The van der Waals surface area contributed by atoms with Gasteiger partial charge in [-0.05, 0) is 32.9 Å². The van der Waals surface area contributed by atoms with E-state index in [0.717, 1.165) is 34.0 Å². The number of fused-ring (bicyclic) bond motifs is 1. The average Bonchev–Trinajstić information content (AvgIpc) is 2.79. The van der Waals surface area contributed by atoms with Gasteiger partial charge in [-0.15, -0.1) is 11.3 Å². The molecule has 0 spiro atoms. The third kappa shape index (κ3) is 3.64. The number of thiazole rings is 1. The molecule has 21 heavy (non-hydrogen) atoms. The van der Waals surface area contributed by atoms with Crippen LogP contribution in [0, 0.1) is 6.92 Å². The number of carbonyl (C=O) groups is 1. The first-order valence-electron chi connectivity index (χ1n) is 7.23. The second kappa shape index (κ2) is 6.76. The molecule has 0 fully saturated rings. The van der Waals surface area contributed by atoms with Gasteiger partial charge in [-0.1, -0.05) is 0 Å². The van der Waals surface area contributed by atoms with Gasteiger partial charge in [0.25, 0.3) is 0 Å². The third-order valence-corrected chi connectivity index (χ3v) is 4.37. The van der Waals surface area contributed by atoms with Crippen LogP contribution in [0.25, 0.3) is 10.2 Å². The lowest BCUT2D eigenvalue weighted by atomic mass is 10.2. The monoisotopic (exact) mass is 306 g/mol. The molecule has 0 bridgehead atoms. The van der Waals surface area contributed by atoms with Crippen molar-refractivity contribution in [2.75, 3.05) is 30.7 Å². The Morgan fingerprint density at radius 3 is 2.76 bits per heavy atom. The molecule has 0 aliphatic heterocycles. The van der Waals surface area contributed by atoms with Gasteiger partial charge in [-0.3, -0.25) is 4.79 Å². The number of nitrogen functional groups attached to an aromatic ring is 1. The van der Waals surface area contributed by atoms with Crippen LogP contribution in [0.2, 0.25) is 0 Å². The molecule has 1 amide bonds. The number of anilines is 2. The summed E-state index contributed by atoms with van der Waals surface area (Å²) in [6.07, 6.45) is 0.468. The van der Waals surface area contributed by atoms with E-state index in [1.54, 1.807) is 11.3 Å². The van der Waals surface area contributed by atoms with Gasteiger partial charge in [0.1, 0.15) is 0 Å². The number of aromatic nitrogens is 1. The van der Waals surface area contributed by atoms with Gasteiger partial charge in [-0.2, -0.15) is 0 Å². The molecule has 5 nitrogen and oxygen atoms in total. The summed E-state index contributed by atoms with van der Waals surface area (Å²) in [5.41, 5.74) is 8.54. The maximum absolute atomic E-state index is 11.9. The van der Waals surface area contributed by atoms with Crippen LogP contribution in [0.5, 0.6) is 0 Å². The minimum Gasteiger partial charge on any atom is -0.397 e. The van der Waals surface area contributed by atoms with Crippen LogP contribution < -0.4 is 11.1 Å². The predicted octanol–water partition coefficient (Wildman–Crippen LogP) is 2.86. The molecule has 0 atom stereocenters. The lowest BCUT2D eigenvalue weighted by Gasteiger charge is -2.19. The molecular weight excluding hydrogens is 284 g/mol. The van der Waals surface area contributed by atoms with Crippen molar-refractivity contribution in [1.82, 2.24) is 9.88 Å². The number of benzene rings is 1. The van der Waals surface area contributed by atoms with Crippen molar-refractivity contribution >= 4 is 38.8 Å². The van der Waals surface area contributed by atoms with Crippen molar-refractivity contribution in [3.05, 3.63) is 17.1 Å². The highest BCUT2D eigenvalue weighted by Crippen LogP contribution is 2.29. The Morgan fingerprint density at radius 2 is 2.10 bits per heavy atom. The van der Waals surface area contributed by atoms with E-state index in [0.29, 0.717) is 18.7 Å². The van der Waals surface area contributed by atoms with Crippen LogP contribution in [-0.2, 0) is 4.79 Å². The van der Waals surface area contributed by atoms with E-state index in [1.165, 1.54) is 0 Å². The number of hydrogen-bond donors (Lipinski definition) is 2. The molecule has 0 saturated carbocycles. The second-order valence-corrected chi connectivity index (χ2v) is 6.12. The van der Waals surface area contributed by atoms with Crippen LogP contribution in [0.15, 0.2) is 12.1 Å². The first kappa shape index (κ1) is 15.6. The number of rotatable bonds is 6. The van der Waals surface area contributed by atoms with Crippen molar-refractivity contribution in [1.29, 1.82) is 0 Å². The summed E-state index contributed by atoms with van der Waals surface area (Å²) in [5, 5.41) is 4.27. The molecule has 0 unspecified atom stereocenters. The Balaban J connectivity index is 2.00. The quantitative estimate of drug-likeness (QED) is 0.805. The van der Waals surface area contributed by atoms with Crippen molar-refractivity contribution in [2.24, 2.45) is 0 Å². The normalized spacial score (nSPS) is 10.8. The highest BCUT2D eigenvalue weighted by Gasteiger charge is 2.10. The van der Waals surface area contributed by atoms with Gasteiger partial charge in [0.15, 0.2) is 0 Å². The zero-order valence-electron chi connectivity index (χ0n) is 12.8. The minimum atomic E-state index is 0.164. The van der Waals surface area contributed by atoms with Gasteiger partial charge in [-0.25, -0.2) is 4.98 Å². The maximum atomic E-state index is 11.9. The molecule has 2 rings (SSSR count). The van der Waals surface area contributed by atoms with Gasteiger partial charge < -0.3 is 16.0 Å². The predicted molar refractivity (Wildman–Crippen MR) is 89.8 cm³/mol. The zero-order valence-corrected chi connectivity index (χ0v) is 13.6. The number of nitrogens with zero attached hydrogens (tertiary/aromatic N) is 2. The topological polar surface area (TPSA) is 71.2 Å². The van der Waals surface area contributed by atoms with Gasteiger partial charge in [0.2, 0.25) is 5.91 Å². The molecule has 3 N–H and O–H groups in total. The number of hydrogen-bond acceptors (Lipinski definition) is 5. The fourth-order valence-electron chi connectivity index (χ4n) is 2.30. The molecule has 0 aliphatic carbocycles. The summed E-state index contributed by atoms with van der Waals surface area (Å²) in [6.45, 7) is 8.05. The number of aryl methyl sites for hydroxylation is 1. The summed E-state index contributed by atoms with van der Waals surface area (Å²) in [6, 6.07) is 3.89. The second-order valence-electron chi connectivity index (χ2n) is 4.88. The van der Waals surface area contributed by atoms with Crippen LogP contribution in [0.1, 0.15) is 25.3 Å². The van der Waals surface area contributed by atoms with E-state index in [4.69, 9.17) is 5.73 Å². The van der Waals surface area contributed by atoms with Gasteiger partial charge in [0, 0.05) is 26.1 Å². The molecule has 2 aromatic rings. The van der Waals surface area contributed by atoms with E-state index < -0.39 is 0 Å². The van der Waals surface area contributed by atoms with E-state index in [9.17, 15) is 4.79 Å². The van der Waals surface area contributed by atoms with E-state index in [2.05, 4.69) is 10.3 Å². The standard InChI is InChI=1S/C15H22N4OS/c1-4-19(5-2)15(20)6-7-17-12-9-13-14(8-11(12)16)21-10(3)18-13/h8-9,17H,4-7,16H2,1-3H3. The van der Waals surface area contributed by atoms with Crippen molar-refractivity contribution < 1.29 is 4.79 Å². The SMILES string of the molecule is CCN(CC)C(=O)CCNc1cc2nc(C)sc2cc1N. The van der Waals surface area contributed by atoms with Crippen LogP contribution in [-0.4, -0.2) is 35.4 Å². The van der Waals surface area contributed by atoms with Crippen LogP contribution in [0.4, 0.5) is 11.4 Å². The number of nitrogens with one attached hydrogen (secondary N) is 1. The average molecular weight is 306 g/mol. The van der Waals surface area contributed by atoms with Gasteiger partial charge in [0.05, 0.1) is 26.6 Å². The zero-order chi connectivity index (χ0) is 15.4. The van der Waals surface area contributed by atoms with E-state index in [-0.39, 0.29) is 5.91 Å². The fourth-order valence-corrected chi connectivity index (χ4v) is 3.15. The first-order chi connectivity index (χ1) is 10.0. The molecule has 6 heteroatoms. The van der Waals surface area contributed by atoms with Crippen molar-refractivity contribution in [3.63, 3.8) is 0 Å². The molecule has 0 aliphatic rings. The van der Waals surface area contributed by atoms with Crippen molar-refractivity contribution in [2.45, 2.75) is 27.2 Å². The van der Waals surface area contributed by atoms with Crippen LogP contribution in [0.3, 0.4) is 0 Å². The van der Waals surface area contributed by atoms with Crippen LogP contribution >= 0.6 is 11.3 Å². The highest BCUT2D eigenvalue weighted by atomic mass is 32.1. The van der Waals surface area contributed by atoms with Crippen molar-refractivity contribution in [3.8, 4) is 0 Å². The molecule has 114 valence electrons. The lowest BCUT2D eigenvalue weighted by molar-refractivity contribution is -0.130. The number of carbonyl (C=O) groups excluding carboxylic acids is 1. The number of nitrogens with two attached hydrogens (primary N) is 1. The molecule has 0 saturated heterocycles. The largest absolute Gasteiger partial charge is 0.397 e. The Bertz CT molecular complexity index is 634. The Kier molecular flexibility index (Phi) is 5.01.